The number of hydrogen-bond acceptors (Lipinski definition) is 3. The molecule has 1 aliphatic heterocycles. The van der Waals surface area contributed by atoms with Crippen LogP contribution in [0.5, 0.6) is 5.75 Å². The van der Waals surface area contributed by atoms with Crippen LogP contribution in [0, 0.1) is 6.92 Å². The van der Waals surface area contributed by atoms with Gasteiger partial charge in [-0.25, -0.2) is 0 Å². The molecule has 106 valence electrons. The van der Waals surface area contributed by atoms with Crippen molar-refractivity contribution in [3.63, 3.8) is 0 Å². The topological polar surface area (TPSA) is 24.5 Å². The number of nitrogens with zero attached hydrogens (tertiary/aromatic N) is 1. The first-order chi connectivity index (χ1) is 9.04. The van der Waals surface area contributed by atoms with E-state index in [-0.39, 0.29) is 0 Å². The predicted molar refractivity (Wildman–Crippen MR) is 79.9 cm³/mol. The molecular weight excluding hydrogens is 236 g/mol. The molecule has 0 saturated heterocycles. The van der Waals surface area contributed by atoms with Crippen molar-refractivity contribution in [2.24, 2.45) is 0 Å². The summed E-state index contributed by atoms with van der Waals surface area (Å²) in [5.74, 6) is 1.07. The van der Waals surface area contributed by atoms with Crippen molar-refractivity contribution in [1.82, 2.24) is 10.2 Å². The SMILES string of the molecule is Cc1ccc2c(c1)CC(CNC(C)CCN(C)C)O2. The minimum absolute atomic E-state index is 0.290. The summed E-state index contributed by atoms with van der Waals surface area (Å²) < 4.78 is 5.96. The average molecular weight is 262 g/mol. The van der Waals surface area contributed by atoms with E-state index in [0.717, 1.165) is 25.3 Å². The molecule has 19 heavy (non-hydrogen) atoms. The maximum Gasteiger partial charge on any atom is 0.123 e. The van der Waals surface area contributed by atoms with Crippen molar-refractivity contribution in [2.45, 2.75) is 38.8 Å². The second-order valence-corrected chi connectivity index (χ2v) is 5.96. The minimum Gasteiger partial charge on any atom is -0.488 e. The first-order valence-corrected chi connectivity index (χ1v) is 7.19. The highest BCUT2D eigenvalue weighted by molar-refractivity contribution is 5.40. The number of ether oxygens (including phenoxy) is 1. The number of rotatable bonds is 6. The van der Waals surface area contributed by atoms with Gasteiger partial charge in [-0.05, 0) is 52.5 Å². The van der Waals surface area contributed by atoms with E-state index in [1.165, 1.54) is 17.5 Å². The Kier molecular flexibility index (Phi) is 4.83. The van der Waals surface area contributed by atoms with Crippen LogP contribution in [-0.2, 0) is 6.42 Å². The number of fused-ring (bicyclic) bond motifs is 1. The van der Waals surface area contributed by atoms with Crippen LogP contribution in [0.3, 0.4) is 0 Å². The molecule has 0 saturated carbocycles. The van der Waals surface area contributed by atoms with Crippen molar-refractivity contribution in [3.05, 3.63) is 29.3 Å². The lowest BCUT2D eigenvalue weighted by atomic mass is 10.1. The van der Waals surface area contributed by atoms with Crippen LogP contribution in [0.4, 0.5) is 0 Å². The molecule has 0 aliphatic carbocycles. The molecule has 1 aliphatic rings. The molecule has 1 heterocycles. The van der Waals surface area contributed by atoms with Gasteiger partial charge in [0.25, 0.3) is 0 Å². The van der Waals surface area contributed by atoms with E-state index < -0.39 is 0 Å². The standard InChI is InChI=1S/C16H26N2O/c1-12-5-6-16-14(9-12)10-15(19-16)11-17-13(2)7-8-18(3)4/h5-6,9,13,15,17H,7-8,10-11H2,1-4H3. The van der Waals surface area contributed by atoms with Crippen LogP contribution in [0.15, 0.2) is 18.2 Å². The Morgan fingerprint density at radius 3 is 2.95 bits per heavy atom. The van der Waals surface area contributed by atoms with E-state index in [4.69, 9.17) is 4.74 Å². The van der Waals surface area contributed by atoms with Gasteiger partial charge in [0, 0.05) is 19.0 Å². The van der Waals surface area contributed by atoms with Gasteiger partial charge in [-0.1, -0.05) is 17.7 Å². The summed E-state index contributed by atoms with van der Waals surface area (Å²) in [4.78, 5) is 2.23. The predicted octanol–water partition coefficient (Wildman–Crippen LogP) is 2.23. The molecule has 0 fully saturated rings. The van der Waals surface area contributed by atoms with Gasteiger partial charge >= 0.3 is 0 Å². The van der Waals surface area contributed by atoms with E-state index in [1.807, 2.05) is 0 Å². The van der Waals surface area contributed by atoms with Crippen LogP contribution in [0.1, 0.15) is 24.5 Å². The second kappa shape index (κ2) is 6.40. The summed E-state index contributed by atoms with van der Waals surface area (Å²) in [6.07, 6.45) is 2.49. The number of nitrogens with one attached hydrogen (secondary N) is 1. The normalized spacial score (nSPS) is 19.3. The Labute approximate surface area is 116 Å². The monoisotopic (exact) mass is 262 g/mol. The Balaban J connectivity index is 1.75. The Hall–Kier alpha value is -1.06. The van der Waals surface area contributed by atoms with Crippen LogP contribution in [0.25, 0.3) is 0 Å². The molecule has 0 bridgehead atoms. The summed E-state index contributed by atoms with van der Waals surface area (Å²) in [7, 11) is 4.23. The molecule has 0 spiro atoms. The Morgan fingerprint density at radius 2 is 2.21 bits per heavy atom. The van der Waals surface area contributed by atoms with Gasteiger partial charge in [-0.15, -0.1) is 0 Å². The molecule has 2 atom stereocenters. The lowest BCUT2D eigenvalue weighted by Gasteiger charge is -2.19. The highest BCUT2D eigenvalue weighted by Gasteiger charge is 2.22. The highest BCUT2D eigenvalue weighted by atomic mass is 16.5. The highest BCUT2D eigenvalue weighted by Crippen LogP contribution is 2.29. The average Bonchev–Trinajstić information content (AvgIpc) is 2.75. The molecule has 1 aromatic carbocycles. The Morgan fingerprint density at radius 1 is 1.42 bits per heavy atom. The molecule has 3 nitrogen and oxygen atoms in total. The van der Waals surface area contributed by atoms with Gasteiger partial charge in [0.05, 0.1) is 0 Å². The summed E-state index contributed by atoms with van der Waals surface area (Å²) >= 11 is 0. The maximum atomic E-state index is 5.96. The van der Waals surface area contributed by atoms with Gasteiger partial charge in [0.15, 0.2) is 0 Å². The molecule has 0 amide bonds. The van der Waals surface area contributed by atoms with Crippen molar-refractivity contribution >= 4 is 0 Å². The van der Waals surface area contributed by atoms with Crippen molar-refractivity contribution in [3.8, 4) is 5.75 Å². The van der Waals surface area contributed by atoms with E-state index >= 15 is 0 Å². The quantitative estimate of drug-likeness (QED) is 0.851. The third-order valence-electron chi connectivity index (χ3n) is 3.66. The molecule has 1 N–H and O–H groups in total. The molecular formula is C16H26N2O. The van der Waals surface area contributed by atoms with Crippen molar-refractivity contribution in [2.75, 3.05) is 27.2 Å². The molecule has 2 rings (SSSR count). The largest absolute Gasteiger partial charge is 0.488 e. The van der Waals surface area contributed by atoms with Crippen molar-refractivity contribution < 1.29 is 4.74 Å². The van der Waals surface area contributed by atoms with E-state index in [9.17, 15) is 0 Å². The number of benzene rings is 1. The molecule has 1 aromatic rings. The Bertz CT molecular complexity index is 417. The summed E-state index contributed by atoms with van der Waals surface area (Å²) in [6, 6.07) is 7.00. The summed E-state index contributed by atoms with van der Waals surface area (Å²) in [6.45, 7) is 6.44. The van der Waals surface area contributed by atoms with Gasteiger partial charge in [-0.2, -0.15) is 0 Å². The van der Waals surface area contributed by atoms with E-state index in [2.05, 4.69) is 56.4 Å². The molecule has 2 unspecified atom stereocenters. The van der Waals surface area contributed by atoms with E-state index in [1.54, 1.807) is 0 Å². The molecule has 0 aromatic heterocycles. The molecule has 3 heteroatoms. The maximum absolute atomic E-state index is 5.96. The van der Waals surface area contributed by atoms with Gasteiger partial charge < -0.3 is 15.0 Å². The third-order valence-corrected chi connectivity index (χ3v) is 3.66. The fourth-order valence-electron chi connectivity index (χ4n) is 2.45. The number of hydrogen-bond donors (Lipinski definition) is 1. The zero-order valence-electron chi connectivity index (χ0n) is 12.6. The van der Waals surface area contributed by atoms with Crippen molar-refractivity contribution in [1.29, 1.82) is 0 Å². The summed E-state index contributed by atoms with van der Waals surface area (Å²) in [5.41, 5.74) is 2.67. The van der Waals surface area contributed by atoms with Gasteiger partial charge in [0.1, 0.15) is 11.9 Å². The van der Waals surface area contributed by atoms with Crippen LogP contribution in [0.2, 0.25) is 0 Å². The van der Waals surface area contributed by atoms with Crippen LogP contribution in [-0.4, -0.2) is 44.2 Å². The second-order valence-electron chi connectivity index (χ2n) is 5.96. The molecule has 0 radical (unpaired) electrons. The smallest absolute Gasteiger partial charge is 0.123 e. The summed E-state index contributed by atoms with van der Waals surface area (Å²) in [5, 5.41) is 3.58. The minimum atomic E-state index is 0.290. The van der Waals surface area contributed by atoms with E-state index in [0.29, 0.717) is 12.1 Å². The lowest BCUT2D eigenvalue weighted by molar-refractivity contribution is 0.219. The fraction of sp³-hybridized carbons (Fsp3) is 0.625. The zero-order chi connectivity index (χ0) is 13.8. The first-order valence-electron chi connectivity index (χ1n) is 7.19. The third kappa shape index (κ3) is 4.22. The zero-order valence-corrected chi connectivity index (χ0v) is 12.6. The van der Waals surface area contributed by atoms with Crippen LogP contribution >= 0.6 is 0 Å². The van der Waals surface area contributed by atoms with Gasteiger partial charge in [0.2, 0.25) is 0 Å². The van der Waals surface area contributed by atoms with Gasteiger partial charge in [-0.3, -0.25) is 0 Å². The van der Waals surface area contributed by atoms with Crippen LogP contribution < -0.4 is 10.1 Å². The lowest BCUT2D eigenvalue weighted by Crippen LogP contribution is -2.37. The fourth-order valence-corrected chi connectivity index (χ4v) is 2.45. The first kappa shape index (κ1) is 14.4. The number of aryl methyl sites for hydroxylation is 1.